The molecule has 1 saturated heterocycles. The van der Waals surface area contributed by atoms with Gasteiger partial charge in [-0.1, -0.05) is 42.5 Å². The normalized spacial score (nSPS) is 24.8. The molecule has 1 amide bonds. The average molecular weight is 327 g/mol. The van der Waals surface area contributed by atoms with Crippen LogP contribution in [0.1, 0.15) is 31.2 Å². The second-order valence-electron chi connectivity index (χ2n) is 6.95. The molecule has 1 aliphatic heterocycles. The summed E-state index contributed by atoms with van der Waals surface area (Å²) < 4.78 is 0. The van der Waals surface area contributed by atoms with Gasteiger partial charge in [-0.05, 0) is 43.6 Å². The van der Waals surface area contributed by atoms with Crippen molar-refractivity contribution in [2.45, 2.75) is 32.1 Å². The van der Waals surface area contributed by atoms with E-state index in [-0.39, 0.29) is 5.91 Å². The summed E-state index contributed by atoms with van der Waals surface area (Å²) >= 11 is 0. The molecule has 1 N–H and O–H groups in total. The smallest absolute Gasteiger partial charge is 0.307 e. The summed E-state index contributed by atoms with van der Waals surface area (Å²) in [6, 6.07) is 10.5. The number of carbonyl (C=O) groups is 2. The fourth-order valence-corrected chi connectivity index (χ4v) is 3.90. The molecule has 1 aliphatic carbocycles. The van der Waals surface area contributed by atoms with Gasteiger partial charge in [0.2, 0.25) is 5.91 Å². The van der Waals surface area contributed by atoms with Crippen LogP contribution >= 0.6 is 0 Å². The lowest BCUT2D eigenvalue weighted by Crippen LogP contribution is -2.45. The number of hydrogen-bond acceptors (Lipinski definition) is 2. The topological polar surface area (TPSA) is 57.6 Å². The molecular weight excluding hydrogens is 302 g/mol. The molecule has 1 aromatic rings. The number of hydrogen-bond donors (Lipinski definition) is 1. The summed E-state index contributed by atoms with van der Waals surface area (Å²) in [5.74, 6) is -1.16. The Hall–Kier alpha value is -2.10. The maximum Gasteiger partial charge on any atom is 0.307 e. The van der Waals surface area contributed by atoms with E-state index in [0.29, 0.717) is 18.8 Å². The van der Waals surface area contributed by atoms with Gasteiger partial charge in [-0.3, -0.25) is 9.59 Å². The Morgan fingerprint density at radius 3 is 2.25 bits per heavy atom. The molecule has 0 unspecified atom stereocenters. The number of amides is 1. The molecule has 2 aliphatic rings. The number of aliphatic carboxylic acids is 1. The maximum absolute atomic E-state index is 12.8. The van der Waals surface area contributed by atoms with E-state index in [1.807, 2.05) is 23.1 Å². The van der Waals surface area contributed by atoms with Gasteiger partial charge in [-0.2, -0.15) is 0 Å². The van der Waals surface area contributed by atoms with Crippen molar-refractivity contribution >= 4 is 11.9 Å². The van der Waals surface area contributed by atoms with E-state index < -0.39 is 17.8 Å². The average Bonchev–Trinajstić information content (AvgIpc) is 2.62. The van der Waals surface area contributed by atoms with Gasteiger partial charge < -0.3 is 10.0 Å². The first-order valence-corrected chi connectivity index (χ1v) is 8.85. The van der Waals surface area contributed by atoms with Crippen molar-refractivity contribution in [2.24, 2.45) is 17.8 Å². The summed E-state index contributed by atoms with van der Waals surface area (Å²) in [5.41, 5.74) is 1.35. The lowest BCUT2D eigenvalue weighted by Gasteiger charge is -2.36. The lowest BCUT2D eigenvalue weighted by atomic mass is 9.81. The third-order valence-electron chi connectivity index (χ3n) is 5.36. The molecule has 0 bridgehead atoms. The van der Waals surface area contributed by atoms with Crippen molar-refractivity contribution < 1.29 is 14.7 Å². The molecule has 0 radical (unpaired) electrons. The van der Waals surface area contributed by atoms with Gasteiger partial charge in [-0.25, -0.2) is 0 Å². The second kappa shape index (κ2) is 7.65. The number of carbonyl (C=O) groups excluding carboxylic acids is 1. The minimum atomic E-state index is -0.850. The molecule has 0 saturated carbocycles. The van der Waals surface area contributed by atoms with E-state index in [4.69, 9.17) is 0 Å². The zero-order chi connectivity index (χ0) is 16.9. The molecule has 2 atom stereocenters. The molecule has 4 nitrogen and oxygen atoms in total. The highest BCUT2D eigenvalue weighted by molar-refractivity contribution is 5.85. The molecule has 128 valence electrons. The number of rotatable bonds is 4. The molecular formula is C20H25NO3. The van der Waals surface area contributed by atoms with Gasteiger partial charge in [-0.15, -0.1) is 0 Å². The van der Waals surface area contributed by atoms with Gasteiger partial charge in [0, 0.05) is 13.1 Å². The number of likely N-dealkylation sites (tertiary alicyclic amines) is 1. The lowest BCUT2D eigenvalue weighted by molar-refractivity contribution is -0.151. The Morgan fingerprint density at radius 2 is 1.62 bits per heavy atom. The van der Waals surface area contributed by atoms with Crippen LogP contribution in [0.15, 0.2) is 42.5 Å². The van der Waals surface area contributed by atoms with Crippen molar-refractivity contribution in [1.29, 1.82) is 0 Å². The van der Waals surface area contributed by atoms with Crippen molar-refractivity contribution in [3.05, 3.63) is 48.0 Å². The van der Waals surface area contributed by atoms with Crippen LogP contribution in [0.4, 0.5) is 0 Å². The number of benzene rings is 1. The van der Waals surface area contributed by atoms with Crippen LogP contribution in [-0.2, 0) is 16.0 Å². The van der Waals surface area contributed by atoms with Crippen molar-refractivity contribution in [1.82, 2.24) is 4.90 Å². The fourth-order valence-electron chi connectivity index (χ4n) is 3.90. The summed E-state index contributed by atoms with van der Waals surface area (Å²) in [5, 5.41) is 9.36. The predicted molar refractivity (Wildman–Crippen MR) is 92.4 cm³/mol. The van der Waals surface area contributed by atoms with Crippen LogP contribution < -0.4 is 0 Å². The quantitative estimate of drug-likeness (QED) is 0.864. The Morgan fingerprint density at radius 1 is 1.00 bits per heavy atom. The molecule has 1 aromatic carbocycles. The SMILES string of the molecule is O=C(O)[C@@H]1CC=CC[C@@H]1C(=O)N1CCC(Cc2ccccc2)CC1. The standard InChI is InChI=1S/C20H25NO3/c22-19(17-8-4-5-9-18(17)20(23)24)21-12-10-16(11-13-21)14-15-6-2-1-3-7-15/h1-7,16-18H,8-14H2,(H,23,24)/t17-,18+/m0/s1. The number of carboxylic acid groups (broad SMARTS) is 1. The first-order chi connectivity index (χ1) is 11.6. The summed E-state index contributed by atoms with van der Waals surface area (Å²) in [7, 11) is 0. The fraction of sp³-hybridized carbons (Fsp3) is 0.500. The highest BCUT2D eigenvalue weighted by Crippen LogP contribution is 2.30. The predicted octanol–water partition coefficient (Wildman–Crippen LogP) is 3.13. The minimum Gasteiger partial charge on any atom is -0.481 e. The van der Waals surface area contributed by atoms with E-state index in [2.05, 4.69) is 24.3 Å². The number of carboxylic acids is 1. The Balaban J connectivity index is 1.55. The van der Waals surface area contributed by atoms with E-state index in [9.17, 15) is 14.7 Å². The van der Waals surface area contributed by atoms with Crippen molar-refractivity contribution in [2.75, 3.05) is 13.1 Å². The van der Waals surface area contributed by atoms with E-state index in [0.717, 1.165) is 32.4 Å². The second-order valence-corrected chi connectivity index (χ2v) is 6.95. The van der Waals surface area contributed by atoms with Gasteiger partial charge in [0.05, 0.1) is 11.8 Å². The van der Waals surface area contributed by atoms with Crippen LogP contribution in [0.5, 0.6) is 0 Å². The van der Waals surface area contributed by atoms with Crippen molar-refractivity contribution in [3.63, 3.8) is 0 Å². The number of nitrogens with zero attached hydrogens (tertiary/aromatic N) is 1. The Labute approximate surface area is 143 Å². The summed E-state index contributed by atoms with van der Waals surface area (Å²) in [4.78, 5) is 26.1. The monoisotopic (exact) mass is 327 g/mol. The highest BCUT2D eigenvalue weighted by Gasteiger charge is 2.37. The van der Waals surface area contributed by atoms with Crippen LogP contribution in [-0.4, -0.2) is 35.0 Å². The zero-order valence-corrected chi connectivity index (χ0v) is 13.9. The Kier molecular flexibility index (Phi) is 5.34. The van der Waals surface area contributed by atoms with Crippen LogP contribution in [0, 0.1) is 17.8 Å². The largest absolute Gasteiger partial charge is 0.481 e. The van der Waals surface area contributed by atoms with Gasteiger partial charge in [0.1, 0.15) is 0 Å². The van der Waals surface area contributed by atoms with Crippen molar-refractivity contribution in [3.8, 4) is 0 Å². The third-order valence-corrected chi connectivity index (χ3v) is 5.36. The molecule has 1 heterocycles. The molecule has 24 heavy (non-hydrogen) atoms. The van der Waals surface area contributed by atoms with Crippen LogP contribution in [0.2, 0.25) is 0 Å². The van der Waals surface area contributed by atoms with E-state index in [1.54, 1.807) is 0 Å². The Bertz CT molecular complexity index is 603. The maximum atomic E-state index is 12.8. The summed E-state index contributed by atoms with van der Waals surface area (Å²) in [6.45, 7) is 1.51. The van der Waals surface area contributed by atoms with Gasteiger partial charge in [0.15, 0.2) is 0 Å². The first kappa shape index (κ1) is 16.7. The number of allylic oxidation sites excluding steroid dienone is 2. The van der Waals surface area contributed by atoms with E-state index >= 15 is 0 Å². The molecule has 3 rings (SSSR count). The molecule has 0 spiro atoms. The van der Waals surface area contributed by atoms with E-state index in [1.165, 1.54) is 5.56 Å². The van der Waals surface area contributed by atoms with Gasteiger partial charge >= 0.3 is 5.97 Å². The minimum absolute atomic E-state index is 0.0323. The van der Waals surface area contributed by atoms with Crippen LogP contribution in [0.25, 0.3) is 0 Å². The first-order valence-electron chi connectivity index (χ1n) is 8.85. The van der Waals surface area contributed by atoms with Crippen LogP contribution in [0.3, 0.4) is 0 Å². The molecule has 1 fully saturated rings. The molecule has 0 aromatic heterocycles. The van der Waals surface area contributed by atoms with Gasteiger partial charge in [0.25, 0.3) is 0 Å². The number of piperidine rings is 1. The highest BCUT2D eigenvalue weighted by atomic mass is 16.4. The zero-order valence-electron chi connectivity index (χ0n) is 13.9. The summed E-state index contributed by atoms with van der Waals surface area (Å²) in [6.07, 6.45) is 7.92. The molecule has 4 heteroatoms. The third kappa shape index (κ3) is 3.86.